The molecule has 7 heteroatoms. The van der Waals surface area contributed by atoms with Crippen molar-refractivity contribution in [3.63, 3.8) is 0 Å². The standard InChI is InChI=1S/C20H20N4O3/c1-13-10-17-18(11-14(13)2)23(20-21-8-3-9-22(17)20)12-19(25)15-4-6-16(7-5-15)24(26)27/h4-7,10-11H,3,8-9,12H2,1-2H3. The van der Waals surface area contributed by atoms with E-state index in [1.807, 2.05) is 4.90 Å². The Kier molecular flexibility index (Phi) is 4.14. The lowest BCUT2D eigenvalue weighted by Crippen LogP contribution is -2.43. The second-order valence-electron chi connectivity index (χ2n) is 6.93. The fourth-order valence-corrected chi connectivity index (χ4v) is 3.54. The highest BCUT2D eigenvalue weighted by Gasteiger charge is 2.35. The van der Waals surface area contributed by atoms with E-state index in [9.17, 15) is 14.9 Å². The molecule has 2 aliphatic rings. The number of anilines is 2. The molecule has 0 saturated heterocycles. The lowest BCUT2D eigenvalue weighted by molar-refractivity contribution is -0.384. The number of nitro groups is 1. The molecule has 4 rings (SSSR count). The van der Waals surface area contributed by atoms with Gasteiger partial charge in [-0.3, -0.25) is 19.9 Å². The summed E-state index contributed by atoms with van der Waals surface area (Å²) in [5, 5.41) is 10.8. The molecule has 2 aromatic rings. The van der Waals surface area contributed by atoms with Crippen LogP contribution < -0.4 is 9.80 Å². The number of hydrogen-bond acceptors (Lipinski definition) is 6. The number of fused-ring (bicyclic) bond motifs is 3. The van der Waals surface area contributed by atoms with Crippen LogP contribution in [0.4, 0.5) is 17.1 Å². The number of guanidine groups is 1. The van der Waals surface area contributed by atoms with Crippen LogP contribution in [0.25, 0.3) is 0 Å². The summed E-state index contributed by atoms with van der Waals surface area (Å²) in [5.74, 6) is 0.723. The van der Waals surface area contributed by atoms with Crippen LogP contribution >= 0.6 is 0 Å². The maximum absolute atomic E-state index is 12.8. The Bertz CT molecular complexity index is 966. The molecular formula is C20H20N4O3. The second-order valence-corrected chi connectivity index (χ2v) is 6.93. The van der Waals surface area contributed by atoms with Gasteiger partial charge in [0.15, 0.2) is 5.78 Å². The van der Waals surface area contributed by atoms with E-state index in [1.54, 1.807) is 0 Å². The molecule has 138 valence electrons. The highest BCUT2D eigenvalue weighted by atomic mass is 16.6. The molecule has 0 unspecified atom stereocenters. The lowest BCUT2D eigenvalue weighted by atomic mass is 10.1. The van der Waals surface area contributed by atoms with E-state index in [-0.39, 0.29) is 18.0 Å². The Hall–Kier alpha value is -3.22. The Morgan fingerprint density at radius 2 is 1.81 bits per heavy atom. The first-order valence-electron chi connectivity index (χ1n) is 8.94. The molecule has 7 nitrogen and oxygen atoms in total. The topological polar surface area (TPSA) is 79.0 Å². The number of rotatable bonds is 4. The second kappa shape index (κ2) is 6.50. The monoisotopic (exact) mass is 364 g/mol. The molecule has 0 saturated carbocycles. The first-order valence-corrected chi connectivity index (χ1v) is 8.94. The zero-order valence-electron chi connectivity index (χ0n) is 15.3. The quantitative estimate of drug-likeness (QED) is 0.471. The first kappa shape index (κ1) is 17.2. The summed E-state index contributed by atoms with van der Waals surface area (Å²) in [6.07, 6.45) is 0.986. The van der Waals surface area contributed by atoms with E-state index in [2.05, 4.69) is 35.9 Å². The van der Waals surface area contributed by atoms with E-state index in [0.717, 1.165) is 36.8 Å². The number of benzene rings is 2. The van der Waals surface area contributed by atoms with E-state index in [0.29, 0.717) is 5.56 Å². The van der Waals surface area contributed by atoms with Crippen LogP contribution in [0.3, 0.4) is 0 Å². The Morgan fingerprint density at radius 1 is 1.15 bits per heavy atom. The predicted octanol–water partition coefficient (Wildman–Crippen LogP) is 3.48. The van der Waals surface area contributed by atoms with Gasteiger partial charge < -0.3 is 9.80 Å². The molecule has 0 aliphatic carbocycles. The van der Waals surface area contributed by atoms with Gasteiger partial charge in [0.1, 0.15) is 0 Å². The normalized spacial score (nSPS) is 15.3. The minimum atomic E-state index is -0.468. The SMILES string of the molecule is Cc1cc2c(cc1C)N(CC(=O)c1ccc([N+](=O)[O-])cc1)C1=NCCCN12. The van der Waals surface area contributed by atoms with Crippen molar-refractivity contribution in [1.82, 2.24) is 0 Å². The molecule has 2 aliphatic heterocycles. The summed E-state index contributed by atoms with van der Waals surface area (Å²) in [5.41, 5.74) is 4.90. The maximum Gasteiger partial charge on any atom is 0.269 e. The number of hydrogen-bond donors (Lipinski definition) is 0. The Labute approximate surface area is 157 Å². The van der Waals surface area contributed by atoms with Gasteiger partial charge in [-0.25, -0.2) is 0 Å². The smallest absolute Gasteiger partial charge is 0.269 e. The highest BCUT2D eigenvalue weighted by molar-refractivity contribution is 6.19. The molecule has 0 spiro atoms. The van der Waals surface area contributed by atoms with Crippen LogP contribution in [0.2, 0.25) is 0 Å². The number of aryl methyl sites for hydroxylation is 2. The summed E-state index contributed by atoms with van der Waals surface area (Å²) in [6, 6.07) is 10.0. The molecule has 0 fully saturated rings. The fourth-order valence-electron chi connectivity index (χ4n) is 3.54. The van der Waals surface area contributed by atoms with Crippen molar-refractivity contribution in [3.05, 3.63) is 63.2 Å². The van der Waals surface area contributed by atoms with Gasteiger partial charge in [-0.05, 0) is 55.7 Å². The maximum atomic E-state index is 12.8. The van der Waals surface area contributed by atoms with Crippen LogP contribution in [0.1, 0.15) is 27.9 Å². The van der Waals surface area contributed by atoms with Gasteiger partial charge in [-0.2, -0.15) is 0 Å². The zero-order chi connectivity index (χ0) is 19.1. The molecule has 0 amide bonds. The Balaban J connectivity index is 1.66. The Morgan fingerprint density at radius 3 is 2.48 bits per heavy atom. The number of carbonyl (C=O) groups is 1. The van der Waals surface area contributed by atoms with Crippen LogP contribution in [0.5, 0.6) is 0 Å². The van der Waals surface area contributed by atoms with Crippen molar-refractivity contribution in [2.24, 2.45) is 4.99 Å². The third-order valence-corrected chi connectivity index (χ3v) is 5.15. The molecule has 27 heavy (non-hydrogen) atoms. The van der Waals surface area contributed by atoms with Crippen LogP contribution in [-0.4, -0.2) is 36.3 Å². The molecule has 0 bridgehead atoms. The third kappa shape index (κ3) is 2.95. The molecule has 2 heterocycles. The molecular weight excluding hydrogens is 344 g/mol. The number of non-ortho nitro benzene ring substituents is 1. The van der Waals surface area contributed by atoms with Crippen molar-refractivity contribution >= 4 is 28.8 Å². The van der Waals surface area contributed by atoms with E-state index in [4.69, 9.17) is 0 Å². The van der Waals surface area contributed by atoms with Crippen molar-refractivity contribution in [2.75, 3.05) is 29.4 Å². The van der Waals surface area contributed by atoms with Crippen molar-refractivity contribution < 1.29 is 9.72 Å². The van der Waals surface area contributed by atoms with Gasteiger partial charge in [0.2, 0.25) is 5.96 Å². The number of nitrogens with zero attached hydrogens (tertiary/aromatic N) is 4. The highest BCUT2D eigenvalue weighted by Crippen LogP contribution is 2.40. The summed E-state index contributed by atoms with van der Waals surface area (Å²) >= 11 is 0. The van der Waals surface area contributed by atoms with Crippen LogP contribution in [-0.2, 0) is 0 Å². The number of ketones is 1. The van der Waals surface area contributed by atoms with Crippen LogP contribution in [0, 0.1) is 24.0 Å². The van der Waals surface area contributed by atoms with Gasteiger partial charge in [-0.15, -0.1) is 0 Å². The van der Waals surface area contributed by atoms with E-state index >= 15 is 0 Å². The largest absolute Gasteiger partial charge is 0.310 e. The first-order chi connectivity index (χ1) is 13.0. The summed E-state index contributed by atoms with van der Waals surface area (Å²) in [7, 11) is 0. The summed E-state index contributed by atoms with van der Waals surface area (Å²) < 4.78 is 0. The minimum absolute atomic E-state index is 0.0213. The minimum Gasteiger partial charge on any atom is -0.310 e. The summed E-state index contributed by atoms with van der Waals surface area (Å²) in [4.78, 5) is 32.0. The molecule has 0 radical (unpaired) electrons. The number of Topliss-reactive ketones (excluding diaryl/α,β-unsaturated/α-hetero) is 1. The number of nitro benzene ring substituents is 1. The zero-order valence-corrected chi connectivity index (χ0v) is 15.3. The molecule has 0 aromatic heterocycles. The van der Waals surface area contributed by atoms with Crippen molar-refractivity contribution in [2.45, 2.75) is 20.3 Å². The average molecular weight is 364 g/mol. The average Bonchev–Trinajstić information content (AvgIpc) is 2.95. The predicted molar refractivity (Wildman–Crippen MR) is 105 cm³/mol. The van der Waals surface area contributed by atoms with E-state index in [1.165, 1.54) is 35.4 Å². The molecule has 0 atom stereocenters. The van der Waals surface area contributed by atoms with Gasteiger partial charge in [0.25, 0.3) is 5.69 Å². The van der Waals surface area contributed by atoms with Crippen molar-refractivity contribution in [3.8, 4) is 0 Å². The van der Waals surface area contributed by atoms with Gasteiger partial charge in [0, 0.05) is 30.8 Å². The van der Waals surface area contributed by atoms with E-state index < -0.39 is 4.92 Å². The fraction of sp³-hybridized carbons (Fsp3) is 0.300. The number of carbonyl (C=O) groups excluding carboxylic acids is 1. The number of aliphatic imine (C=N–C) groups is 1. The lowest BCUT2D eigenvalue weighted by Gasteiger charge is -2.26. The van der Waals surface area contributed by atoms with Crippen LogP contribution in [0.15, 0.2) is 41.4 Å². The third-order valence-electron chi connectivity index (χ3n) is 5.15. The molecule has 0 N–H and O–H groups in total. The van der Waals surface area contributed by atoms with Gasteiger partial charge in [-0.1, -0.05) is 0 Å². The van der Waals surface area contributed by atoms with Gasteiger partial charge in [0.05, 0.1) is 22.8 Å². The molecule has 2 aromatic carbocycles. The van der Waals surface area contributed by atoms with Gasteiger partial charge >= 0.3 is 0 Å². The van der Waals surface area contributed by atoms with Crippen molar-refractivity contribution in [1.29, 1.82) is 0 Å². The summed E-state index contributed by atoms with van der Waals surface area (Å²) in [6.45, 7) is 5.94.